The highest BCUT2D eigenvalue weighted by atomic mass is 32.2. The van der Waals surface area contributed by atoms with E-state index in [4.69, 9.17) is 14.2 Å². The van der Waals surface area contributed by atoms with E-state index in [-0.39, 0.29) is 23.3 Å². The van der Waals surface area contributed by atoms with E-state index in [0.717, 1.165) is 5.75 Å². The van der Waals surface area contributed by atoms with Crippen LogP contribution in [0.2, 0.25) is 0 Å². The second-order valence-corrected chi connectivity index (χ2v) is 9.13. The largest absolute Gasteiger partial charge is 0.497 e. The third-order valence-corrected chi connectivity index (χ3v) is 7.06. The predicted molar refractivity (Wildman–Crippen MR) is 116 cm³/mol. The van der Waals surface area contributed by atoms with E-state index in [1.54, 1.807) is 43.5 Å². The van der Waals surface area contributed by atoms with Gasteiger partial charge in [0.05, 0.1) is 31.6 Å². The third kappa shape index (κ3) is 5.89. The van der Waals surface area contributed by atoms with Crippen LogP contribution in [0.4, 0.5) is 0 Å². The van der Waals surface area contributed by atoms with Crippen molar-refractivity contribution in [1.29, 1.82) is 0 Å². The van der Waals surface area contributed by atoms with Crippen molar-refractivity contribution in [3.8, 4) is 17.2 Å². The molecule has 168 valence electrons. The van der Waals surface area contributed by atoms with Crippen LogP contribution in [0.3, 0.4) is 0 Å². The maximum absolute atomic E-state index is 12.9. The van der Waals surface area contributed by atoms with Crippen LogP contribution in [-0.2, 0) is 14.8 Å². The highest BCUT2D eigenvalue weighted by molar-refractivity contribution is 7.89. The molecule has 1 aliphatic heterocycles. The number of amides is 1. The van der Waals surface area contributed by atoms with Crippen molar-refractivity contribution in [3.63, 3.8) is 0 Å². The van der Waals surface area contributed by atoms with Gasteiger partial charge >= 0.3 is 0 Å². The van der Waals surface area contributed by atoms with Crippen LogP contribution < -0.4 is 19.5 Å². The molecule has 1 fully saturated rings. The summed E-state index contributed by atoms with van der Waals surface area (Å²) in [6, 6.07) is 13.5. The van der Waals surface area contributed by atoms with Crippen molar-refractivity contribution in [2.24, 2.45) is 5.92 Å². The summed E-state index contributed by atoms with van der Waals surface area (Å²) in [5, 5.41) is 2.85. The Labute approximate surface area is 183 Å². The lowest BCUT2D eigenvalue weighted by atomic mass is 9.99. The van der Waals surface area contributed by atoms with Gasteiger partial charge in [-0.05, 0) is 61.4 Å². The van der Waals surface area contributed by atoms with Crippen LogP contribution in [0.5, 0.6) is 17.2 Å². The highest BCUT2D eigenvalue weighted by Gasteiger charge is 2.33. The minimum absolute atomic E-state index is 0.159. The van der Waals surface area contributed by atoms with E-state index >= 15 is 0 Å². The molecule has 0 spiro atoms. The molecule has 31 heavy (non-hydrogen) atoms. The summed E-state index contributed by atoms with van der Waals surface area (Å²) in [5.74, 6) is 1.47. The van der Waals surface area contributed by atoms with Gasteiger partial charge in [-0.2, -0.15) is 4.31 Å². The van der Waals surface area contributed by atoms with Crippen molar-refractivity contribution in [1.82, 2.24) is 9.62 Å². The summed E-state index contributed by atoms with van der Waals surface area (Å²) in [5.41, 5.74) is 0. The van der Waals surface area contributed by atoms with Gasteiger partial charge in [0.2, 0.25) is 15.9 Å². The van der Waals surface area contributed by atoms with E-state index < -0.39 is 10.0 Å². The molecule has 1 saturated heterocycles. The van der Waals surface area contributed by atoms with E-state index in [0.29, 0.717) is 44.0 Å². The topological polar surface area (TPSA) is 94.2 Å². The zero-order valence-corrected chi connectivity index (χ0v) is 18.6. The molecule has 1 N–H and O–H groups in total. The molecule has 1 atom stereocenters. The van der Waals surface area contributed by atoms with Gasteiger partial charge in [0, 0.05) is 13.1 Å². The Bertz CT molecular complexity index is 961. The number of methoxy groups -OCH3 is 2. The van der Waals surface area contributed by atoms with Gasteiger partial charge in [-0.15, -0.1) is 0 Å². The minimum Gasteiger partial charge on any atom is -0.497 e. The second-order valence-electron chi connectivity index (χ2n) is 7.19. The molecule has 1 amide bonds. The Kier molecular flexibility index (Phi) is 7.75. The van der Waals surface area contributed by atoms with Gasteiger partial charge in [-0.25, -0.2) is 8.42 Å². The van der Waals surface area contributed by atoms with Crippen molar-refractivity contribution in [2.75, 3.05) is 40.5 Å². The van der Waals surface area contributed by atoms with Crippen LogP contribution in [0.25, 0.3) is 0 Å². The average molecular weight is 449 g/mol. The Hall–Kier alpha value is -2.78. The number of ether oxygens (including phenoxy) is 3. The van der Waals surface area contributed by atoms with Gasteiger partial charge in [-0.1, -0.05) is 0 Å². The quantitative estimate of drug-likeness (QED) is 0.592. The van der Waals surface area contributed by atoms with Gasteiger partial charge in [0.25, 0.3) is 0 Å². The van der Waals surface area contributed by atoms with Gasteiger partial charge in [-0.3, -0.25) is 4.79 Å². The lowest BCUT2D eigenvalue weighted by molar-refractivity contribution is -0.126. The van der Waals surface area contributed by atoms with Crippen molar-refractivity contribution < 1.29 is 27.4 Å². The number of nitrogens with zero attached hydrogens (tertiary/aromatic N) is 1. The maximum Gasteiger partial charge on any atom is 0.243 e. The SMILES string of the molecule is COc1ccc(OCCNC(=O)[C@H]2CCCN(S(=O)(=O)c3ccc(OC)cc3)C2)cc1. The molecule has 9 heteroatoms. The summed E-state index contributed by atoms with van der Waals surface area (Å²) < 4.78 is 43.1. The van der Waals surface area contributed by atoms with Gasteiger partial charge in [0.1, 0.15) is 23.9 Å². The smallest absolute Gasteiger partial charge is 0.243 e. The number of carbonyl (C=O) groups excluding carboxylic acids is 1. The number of hydrogen-bond acceptors (Lipinski definition) is 6. The molecule has 0 aliphatic carbocycles. The van der Waals surface area contributed by atoms with Crippen LogP contribution in [0.15, 0.2) is 53.4 Å². The fourth-order valence-electron chi connectivity index (χ4n) is 3.43. The summed E-state index contributed by atoms with van der Waals surface area (Å²) in [4.78, 5) is 12.8. The lowest BCUT2D eigenvalue weighted by Gasteiger charge is -2.31. The molecule has 2 aromatic rings. The highest BCUT2D eigenvalue weighted by Crippen LogP contribution is 2.25. The normalized spacial score (nSPS) is 17.0. The monoisotopic (exact) mass is 448 g/mol. The first-order chi connectivity index (χ1) is 14.9. The van der Waals surface area contributed by atoms with Crippen molar-refractivity contribution >= 4 is 15.9 Å². The summed E-state index contributed by atoms with van der Waals surface area (Å²) in [7, 11) is -0.533. The molecule has 0 aromatic heterocycles. The van der Waals surface area contributed by atoms with Crippen molar-refractivity contribution in [3.05, 3.63) is 48.5 Å². The van der Waals surface area contributed by atoms with Crippen molar-refractivity contribution in [2.45, 2.75) is 17.7 Å². The Morgan fingerprint density at radius 2 is 1.58 bits per heavy atom. The molecule has 0 bridgehead atoms. The number of benzene rings is 2. The number of hydrogen-bond donors (Lipinski definition) is 1. The molecule has 1 heterocycles. The average Bonchev–Trinajstić information content (AvgIpc) is 2.82. The standard InChI is InChI=1S/C22H28N2O6S/c1-28-18-5-7-20(8-6-18)30-15-13-23-22(25)17-4-3-14-24(16-17)31(26,27)21-11-9-19(29-2)10-12-21/h5-12,17H,3-4,13-16H2,1-2H3,(H,23,25)/t17-/m0/s1. The summed E-state index contributed by atoms with van der Waals surface area (Å²) in [6.07, 6.45) is 1.29. The summed E-state index contributed by atoms with van der Waals surface area (Å²) >= 11 is 0. The Morgan fingerprint density at radius 1 is 1.00 bits per heavy atom. The fraction of sp³-hybridized carbons (Fsp3) is 0.409. The lowest BCUT2D eigenvalue weighted by Crippen LogP contribution is -2.45. The Balaban J connectivity index is 1.50. The predicted octanol–water partition coefficient (Wildman–Crippen LogP) is 2.30. The number of rotatable bonds is 9. The van der Waals surface area contributed by atoms with Crippen LogP contribution in [0.1, 0.15) is 12.8 Å². The number of piperidine rings is 1. The molecule has 0 radical (unpaired) electrons. The molecular formula is C22H28N2O6S. The van der Waals surface area contributed by atoms with Crippen LogP contribution in [-0.4, -0.2) is 59.1 Å². The van der Waals surface area contributed by atoms with E-state index in [1.807, 2.05) is 0 Å². The first-order valence-corrected chi connectivity index (χ1v) is 11.6. The van der Waals surface area contributed by atoms with E-state index in [1.165, 1.54) is 23.5 Å². The van der Waals surface area contributed by atoms with E-state index in [9.17, 15) is 13.2 Å². The zero-order chi connectivity index (χ0) is 22.3. The van der Waals surface area contributed by atoms with E-state index in [2.05, 4.69) is 5.32 Å². The third-order valence-electron chi connectivity index (χ3n) is 5.18. The summed E-state index contributed by atoms with van der Waals surface area (Å²) in [6.45, 7) is 1.23. The fourth-order valence-corrected chi connectivity index (χ4v) is 4.95. The first-order valence-electron chi connectivity index (χ1n) is 10.1. The molecular weight excluding hydrogens is 420 g/mol. The van der Waals surface area contributed by atoms with Gasteiger partial charge < -0.3 is 19.5 Å². The second kappa shape index (κ2) is 10.5. The van der Waals surface area contributed by atoms with Crippen LogP contribution in [0, 0.1) is 5.92 Å². The number of nitrogens with one attached hydrogen (secondary N) is 1. The van der Waals surface area contributed by atoms with Crippen LogP contribution >= 0.6 is 0 Å². The Morgan fingerprint density at radius 3 is 2.19 bits per heavy atom. The molecule has 0 unspecified atom stereocenters. The molecule has 3 rings (SSSR count). The zero-order valence-electron chi connectivity index (χ0n) is 17.7. The number of sulfonamides is 1. The van der Waals surface area contributed by atoms with Gasteiger partial charge in [0.15, 0.2) is 0 Å². The molecule has 2 aromatic carbocycles. The first kappa shape index (κ1) is 22.9. The maximum atomic E-state index is 12.9. The molecule has 1 aliphatic rings. The minimum atomic E-state index is -3.66. The number of carbonyl (C=O) groups is 1. The molecule has 8 nitrogen and oxygen atoms in total. The molecule has 0 saturated carbocycles.